The third-order valence-electron chi connectivity index (χ3n) is 0.283. The van der Waals surface area contributed by atoms with Gasteiger partial charge in [-0.25, -0.2) is 5.01 Å². The van der Waals surface area contributed by atoms with E-state index in [1.807, 2.05) is 0 Å². The monoisotopic (exact) mass is 104 g/mol. The van der Waals surface area contributed by atoms with Crippen LogP contribution < -0.4 is 5.59 Å². The second-order valence-corrected chi connectivity index (χ2v) is 1.20. The minimum absolute atomic E-state index is 0.319. The van der Waals surface area contributed by atoms with Crippen LogP contribution in [0.15, 0.2) is 0 Å². The molecule has 0 aliphatic rings. The van der Waals surface area contributed by atoms with E-state index in [4.69, 9.17) is 0 Å². The Hall–Kier alpha value is -0.610. The van der Waals surface area contributed by atoms with Gasteiger partial charge in [-0.05, 0) is 0 Å². The maximum absolute atomic E-state index is 9.40. The van der Waals surface area contributed by atoms with Gasteiger partial charge in [0, 0.05) is 14.1 Å². The molecular weight excluding hydrogens is 96.0 g/mol. The average molecular weight is 104 g/mol. The molecular formula is C3H8N2O2. The summed E-state index contributed by atoms with van der Waals surface area (Å²) in [6.07, 6.45) is 0. The number of hydrogen-bond acceptors (Lipinski definition) is 4. The van der Waals surface area contributed by atoms with Gasteiger partial charge in [-0.15, -0.1) is 0 Å². The fourth-order valence-corrected chi connectivity index (χ4v) is 0.127. The van der Waals surface area contributed by atoms with Crippen molar-refractivity contribution in [2.24, 2.45) is 0 Å². The summed E-state index contributed by atoms with van der Waals surface area (Å²) >= 11 is 0. The molecule has 0 unspecified atom stereocenters. The highest BCUT2D eigenvalue weighted by Gasteiger charge is 1.79. The van der Waals surface area contributed by atoms with Crippen molar-refractivity contribution >= 4 is 6.47 Å². The summed E-state index contributed by atoms with van der Waals surface area (Å²) < 4.78 is 0. The van der Waals surface area contributed by atoms with Gasteiger partial charge in [0.15, 0.2) is 0 Å². The van der Waals surface area contributed by atoms with Crippen molar-refractivity contribution in [3.05, 3.63) is 0 Å². The van der Waals surface area contributed by atoms with E-state index < -0.39 is 0 Å². The van der Waals surface area contributed by atoms with Crippen molar-refractivity contribution in [1.82, 2.24) is 10.6 Å². The van der Waals surface area contributed by atoms with E-state index in [1.54, 1.807) is 14.1 Å². The molecule has 0 spiro atoms. The van der Waals surface area contributed by atoms with Crippen LogP contribution >= 0.6 is 0 Å². The number of hydrazine groups is 1. The van der Waals surface area contributed by atoms with E-state index in [0.717, 1.165) is 0 Å². The van der Waals surface area contributed by atoms with Gasteiger partial charge in [0.25, 0.3) is 0 Å². The van der Waals surface area contributed by atoms with E-state index in [0.29, 0.717) is 6.47 Å². The fraction of sp³-hybridized carbons (Fsp3) is 0.667. The molecule has 0 atom stereocenters. The van der Waals surface area contributed by atoms with Gasteiger partial charge in [0.1, 0.15) is 0 Å². The standard InChI is InChI=1S/C3H8N2O2/c1-5(2)4-7-3-6/h3-4H,1-2H3. The highest BCUT2D eigenvalue weighted by atomic mass is 16.7. The predicted octanol–water partition coefficient (Wildman–Crippen LogP) is -0.859. The Kier molecular flexibility index (Phi) is 3.26. The van der Waals surface area contributed by atoms with Gasteiger partial charge < -0.3 is 4.84 Å². The van der Waals surface area contributed by atoms with Crippen LogP contribution in [0.2, 0.25) is 0 Å². The van der Waals surface area contributed by atoms with Crippen molar-refractivity contribution in [2.45, 2.75) is 0 Å². The number of carbonyl (C=O) groups excluding carboxylic acids is 1. The average Bonchev–Trinajstić information content (AvgIpc) is 1.61. The highest BCUT2D eigenvalue weighted by molar-refractivity contribution is 5.36. The first-order chi connectivity index (χ1) is 3.27. The first-order valence-corrected chi connectivity index (χ1v) is 1.79. The van der Waals surface area contributed by atoms with Gasteiger partial charge >= 0.3 is 6.47 Å². The second-order valence-electron chi connectivity index (χ2n) is 1.20. The molecule has 0 aromatic carbocycles. The van der Waals surface area contributed by atoms with E-state index in [1.165, 1.54) is 5.01 Å². The summed E-state index contributed by atoms with van der Waals surface area (Å²) in [5.74, 6) is 0. The van der Waals surface area contributed by atoms with E-state index in [9.17, 15) is 4.79 Å². The molecule has 0 aliphatic carbocycles. The molecule has 0 aromatic rings. The smallest absolute Gasteiger partial charge is 0.314 e. The summed E-state index contributed by atoms with van der Waals surface area (Å²) in [4.78, 5) is 13.5. The summed E-state index contributed by atoms with van der Waals surface area (Å²) in [6.45, 7) is 0.319. The Morgan fingerprint density at radius 2 is 2.29 bits per heavy atom. The van der Waals surface area contributed by atoms with Crippen molar-refractivity contribution in [2.75, 3.05) is 14.1 Å². The number of hydrogen-bond donors (Lipinski definition) is 1. The largest absolute Gasteiger partial charge is 0.359 e. The number of carbonyl (C=O) groups is 1. The molecule has 0 rings (SSSR count). The summed E-state index contributed by atoms with van der Waals surface area (Å²) in [6, 6.07) is 0. The minimum atomic E-state index is 0.319. The lowest BCUT2D eigenvalue weighted by Crippen LogP contribution is -2.29. The Bertz CT molecular complexity index is 54.9. The molecule has 0 fully saturated rings. The Morgan fingerprint density at radius 1 is 1.71 bits per heavy atom. The molecule has 1 N–H and O–H groups in total. The predicted molar refractivity (Wildman–Crippen MR) is 24.0 cm³/mol. The quantitative estimate of drug-likeness (QED) is 0.373. The molecule has 42 valence electrons. The Labute approximate surface area is 42.0 Å². The van der Waals surface area contributed by atoms with Crippen LogP contribution in [-0.4, -0.2) is 25.6 Å². The molecule has 0 aromatic heterocycles. The number of nitrogens with zero attached hydrogens (tertiary/aromatic N) is 1. The normalized spacial score (nSPS) is 9.00. The molecule has 0 radical (unpaired) electrons. The molecule has 0 bridgehead atoms. The first kappa shape index (κ1) is 6.39. The summed E-state index contributed by atoms with van der Waals surface area (Å²) in [5.41, 5.74) is 2.26. The first-order valence-electron chi connectivity index (χ1n) is 1.79. The third-order valence-corrected chi connectivity index (χ3v) is 0.283. The molecule has 0 saturated heterocycles. The lowest BCUT2D eigenvalue weighted by Gasteiger charge is -2.06. The number of nitrogens with one attached hydrogen (secondary N) is 1. The summed E-state index contributed by atoms with van der Waals surface area (Å²) in [5, 5.41) is 1.51. The minimum Gasteiger partial charge on any atom is -0.359 e. The molecule has 0 amide bonds. The van der Waals surface area contributed by atoms with E-state index >= 15 is 0 Å². The van der Waals surface area contributed by atoms with Crippen molar-refractivity contribution in [3.63, 3.8) is 0 Å². The maximum atomic E-state index is 9.40. The molecule has 0 aliphatic heterocycles. The third kappa shape index (κ3) is 5.39. The molecule has 4 heteroatoms. The van der Waals surface area contributed by atoms with Gasteiger partial charge in [-0.3, -0.25) is 4.79 Å². The van der Waals surface area contributed by atoms with Gasteiger partial charge in [-0.1, -0.05) is 5.59 Å². The van der Waals surface area contributed by atoms with Crippen LogP contribution in [0.5, 0.6) is 0 Å². The van der Waals surface area contributed by atoms with Crippen molar-refractivity contribution in [3.8, 4) is 0 Å². The molecule has 0 saturated carbocycles. The fourth-order valence-electron chi connectivity index (χ4n) is 0.127. The van der Waals surface area contributed by atoms with Gasteiger partial charge in [0.2, 0.25) is 0 Å². The lowest BCUT2D eigenvalue weighted by molar-refractivity contribution is -0.145. The Morgan fingerprint density at radius 3 is 2.43 bits per heavy atom. The van der Waals surface area contributed by atoms with Crippen LogP contribution in [0.25, 0.3) is 0 Å². The zero-order chi connectivity index (χ0) is 5.70. The SMILES string of the molecule is CN(C)NOC=O. The van der Waals surface area contributed by atoms with Gasteiger partial charge in [-0.2, -0.15) is 0 Å². The lowest BCUT2D eigenvalue weighted by atomic mass is 11.2. The van der Waals surface area contributed by atoms with Crippen LogP contribution in [-0.2, 0) is 9.63 Å². The van der Waals surface area contributed by atoms with Crippen LogP contribution in [0.4, 0.5) is 0 Å². The second kappa shape index (κ2) is 3.58. The maximum Gasteiger partial charge on any atom is 0.314 e. The van der Waals surface area contributed by atoms with Crippen LogP contribution in [0, 0.1) is 0 Å². The van der Waals surface area contributed by atoms with Crippen LogP contribution in [0.3, 0.4) is 0 Å². The van der Waals surface area contributed by atoms with Crippen LogP contribution in [0.1, 0.15) is 0 Å². The molecule has 4 nitrogen and oxygen atoms in total. The number of rotatable bonds is 3. The zero-order valence-electron chi connectivity index (χ0n) is 4.34. The molecule has 0 heterocycles. The van der Waals surface area contributed by atoms with Crippen molar-refractivity contribution < 1.29 is 9.63 Å². The molecule has 7 heavy (non-hydrogen) atoms. The zero-order valence-corrected chi connectivity index (χ0v) is 4.34. The topological polar surface area (TPSA) is 41.6 Å². The highest BCUT2D eigenvalue weighted by Crippen LogP contribution is 1.58. The van der Waals surface area contributed by atoms with E-state index in [-0.39, 0.29) is 0 Å². The van der Waals surface area contributed by atoms with Crippen molar-refractivity contribution in [1.29, 1.82) is 0 Å². The van der Waals surface area contributed by atoms with Gasteiger partial charge in [0.05, 0.1) is 0 Å². The van der Waals surface area contributed by atoms with E-state index in [2.05, 4.69) is 10.4 Å². The summed E-state index contributed by atoms with van der Waals surface area (Å²) in [7, 11) is 3.42. The Balaban J connectivity index is 2.81.